The molecular formula is C22H18F3NO5S. The van der Waals surface area contributed by atoms with Crippen molar-refractivity contribution in [1.82, 2.24) is 0 Å². The first-order valence-corrected chi connectivity index (χ1v) is 10.8. The van der Waals surface area contributed by atoms with Crippen molar-refractivity contribution >= 4 is 21.7 Å². The monoisotopic (exact) mass is 465 g/mol. The van der Waals surface area contributed by atoms with Gasteiger partial charge in [-0.25, -0.2) is 13.2 Å². The number of rotatable bonds is 8. The van der Waals surface area contributed by atoms with Crippen molar-refractivity contribution in [2.45, 2.75) is 24.1 Å². The Hall–Kier alpha value is -3.53. The molecule has 0 aliphatic heterocycles. The van der Waals surface area contributed by atoms with E-state index in [9.17, 15) is 26.4 Å². The zero-order valence-electron chi connectivity index (χ0n) is 16.5. The van der Waals surface area contributed by atoms with E-state index in [1.54, 1.807) is 36.4 Å². The van der Waals surface area contributed by atoms with E-state index in [0.29, 0.717) is 24.1 Å². The van der Waals surface area contributed by atoms with Crippen LogP contribution in [0.25, 0.3) is 0 Å². The quantitative estimate of drug-likeness (QED) is 0.495. The molecule has 3 rings (SSSR count). The standard InChI is InChI=1S/C22H18F3NO5S/c23-22(24,25)31-18-11-13-19(14-12-18)32(29,30)26-20-4-2-1-3-16(20)8-5-15-6-9-17(10-7-15)21(27)28/h1-4,6-7,9-14,26H,5,8H2,(H,27,28). The summed E-state index contributed by atoms with van der Waals surface area (Å²) in [5, 5.41) is 8.96. The van der Waals surface area contributed by atoms with E-state index in [1.807, 2.05) is 0 Å². The lowest BCUT2D eigenvalue weighted by Gasteiger charge is -2.14. The zero-order chi connectivity index (χ0) is 23.4. The van der Waals surface area contributed by atoms with Crippen molar-refractivity contribution in [3.8, 4) is 5.75 Å². The van der Waals surface area contributed by atoms with E-state index in [4.69, 9.17) is 5.11 Å². The number of sulfonamides is 1. The van der Waals surface area contributed by atoms with Crippen LogP contribution in [0.4, 0.5) is 18.9 Å². The molecule has 10 heteroatoms. The van der Waals surface area contributed by atoms with Gasteiger partial charge in [-0.15, -0.1) is 13.2 Å². The van der Waals surface area contributed by atoms with E-state index in [-0.39, 0.29) is 10.5 Å². The van der Waals surface area contributed by atoms with E-state index in [0.717, 1.165) is 29.8 Å². The number of alkyl halides is 3. The van der Waals surface area contributed by atoms with Gasteiger partial charge in [0.05, 0.1) is 16.1 Å². The van der Waals surface area contributed by atoms with E-state index in [1.165, 1.54) is 12.1 Å². The average Bonchev–Trinajstić information content (AvgIpc) is 2.72. The second-order valence-electron chi connectivity index (χ2n) is 6.78. The van der Waals surface area contributed by atoms with Gasteiger partial charge in [-0.2, -0.15) is 0 Å². The van der Waals surface area contributed by atoms with E-state index in [2.05, 4.69) is 9.46 Å². The molecule has 0 aliphatic carbocycles. The highest BCUT2D eigenvalue weighted by Gasteiger charge is 2.31. The van der Waals surface area contributed by atoms with Gasteiger partial charge < -0.3 is 9.84 Å². The third kappa shape index (κ3) is 6.24. The summed E-state index contributed by atoms with van der Waals surface area (Å²) in [6, 6.07) is 17.0. The van der Waals surface area contributed by atoms with Crippen LogP contribution in [0.2, 0.25) is 0 Å². The van der Waals surface area contributed by atoms with Gasteiger partial charge in [-0.05, 0) is 66.4 Å². The Morgan fingerprint density at radius 2 is 1.53 bits per heavy atom. The summed E-state index contributed by atoms with van der Waals surface area (Å²) in [7, 11) is -4.05. The first-order valence-electron chi connectivity index (χ1n) is 9.32. The first kappa shape index (κ1) is 23.1. The van der Waals surface area contributed by atoms with Crippen molar-refractivity contribution in [3.05, 3.63) is 89.5 Å². The molecule has 0 saturated heterocycles. The minimum atomic E-state index is -4.87. The molecule has 0 aromatic heterocycles. The van der Waals surface area contributed by atoms with Gasteiger partial charge in [0, 0.05) is 0 Å². The second-order valence-corrected chi connectivity index (χ2v) is 8.47. The van der Waals surface area contributed by atoms with Gasteiger partial charge in [0.1, 0.15) is 5.75 Å². The molecule has 0 unspecified atom stereocenters. The summed E-state index contributed by atoms with van der Waals surface area (Å²) >= 11 is 0. The summed E-state index contributed by atoms with van der Waals surface area (Å²) in [6.45, 7) is 0. The maximum atomic E-state index is 12.7. The smallest absolute Gasteiger partial charge is 0.478 e. The SMILES string of the molecule is O=C(O)c1ccc(CCc2ccccc2NS(=O)(=O)c2ccc(OC(F)(F)F)cc2)cc1. The number of aryl methyl sites for hydroxylation is 2. The topological polar surface area (TPSA) is 92.7 Å². The number of para-hydroxylation sites is 1. The van der Waals surface area contributed by atoms with Crippen molar-refractivity contribution in [1.29, 1.82) is 0 Å². The Balaban J connectivity index is 1.72. The summed E-state index contributed by atoms with van der Waals surface area (Å²) in [6.07, 6.45) is -3.85. The number of hydrogen-bond donors (Lipinski definition) is 2. The van der Waals surface area contributed by atoms with Crippen molar-refractivity contribution in [2.75, 3.05) is 4.72 Å². The van der Waals surface area contributed by atoms with Crippen LogP contribution in [0, 0.1) is 0 Å². The Kier molecular flexibility index (Phi) is 6.73. The average molecular weight is 465 g/mol. The number of hydrogen-bond acceptors (Lipinski definition) is 4. The number of carbonyl (C=O) groups is 1. The molecule has 0 spiro atoms. The molecule has 0 heterocycles. The number of nitrogens with one attached hydrogen (secondary N) is 1. The van der Waals surface area contributed by atoms with Gasteiger partial charge in [0.25, 0.3) is 10.0 Å². The fraction of sp³-hybridized carbons (Fsp3) is 0.136. The molecule has 3 aromatic carbocycles. The van der Waals surface area contributed by atoms with Crippen LogP contribution in [0.1, 0.15) is 21.5 Å². The highest BCUT2D eigenvalue weighted by atomic mass is 32.2. The Morgan fingerprint density at radius 1 is 0.906 bits per heavy atom. The van der Waals surface area contributed by atoms with Gasteiger partial charge in [-0.1, -0.05) is 30.3 Å². The van der Waals surface area contributed by atoms with E-state index >= 15 is 0 Å². The Labute approximate surface area is 182 Å². The first-order chi connectivity index (χ1) is 15.0. The summed E-state index contributed by atoms with van der Waals surface area (Å²) in [5.41, 5.74) is 2.10. The minimum absolute atomic E-state index is 0.175. The molecular weight excluding hydrogens is 447 g/mol. The number of halogens is 3. The fourth-order valence-corrected chi connectivity index (χ4v) is 4.06. The summed E-state index contributed by atoms with van der Waals surface area (Å²) in [4.78, 5) is 10.7. The number of ether oxygens (including phenoxy) is 1. The van der Waals surface area contributed by atoms with Crippen LogP contribution < -0.4 is 9.46 Å². The van der Waals surface area contributed by atoms with Crippen LogP contribution in [-0.2, 0) is 22.9 Å². The van der Waals surface area contributed by atoms with Gasteiger partial charge in [0.15, 0.2) is 0 Å². The maximum absolute atomic E-state index is 12.7. The van der Waals surface area contributed by atoms with Crippen molar-refractivity contribution in [3.63, 3.8) is 0 Å². The number of anilines is 1. The highest BCUT2D eigenvalue weighted by molar-refractivity contribution is 7.92. The van der Waals surface area contributed by atoms with Crippen LogP contribution in [0.15, 0.2) is 77.7 Å². The zero-order valence-corrected chi connectivity index (χ0v) is 17.3. The molecule has 32 heavy (non-hydrogen) atoms. The molecule has 3 aromatic rings. The van der Waals surface area contributed by atoms with Gasteiger partial charge >= 0.3 is 12.3 Å². The number of benzene rings is 3. The Bertz CT molecular complexity index is 1190. The number of carboxylic acid groups (broad SMARTS) is 1. The van der Waals surface area contributed by atoms with Crippen molar-refractivity contribution in [2.24, 2.45) is 0 Å². The minimum Gasteiger partial charge on any atom is -0.478 e. The third-order valence-corrected chi connectivity index (χ3v) is 5.89. The maximum Gasteiger partial charge on any atom is 0.573 e. The lowest BCUT2D eigenvalue weighted by Crippen LogP contribution is -2.17. The molecule has 168 valence electrons. The number of aromatic carboxylic acids is 1. The fourth-order valence-electron chi connectivity index (χ4n) is 2.96. The summed E-state index contributed by atoms with van der Waals surface area (Å²) in [5.74, 6) is -1.54. The molecule has 2 N–H and O–H groups in total. The lowest BCUT2D eigenvalue weighted by atomic mass is 10.0. The summed E-state index contributed by atoms with van der Waals surface area (Å²) < 4.78 is 68.4. The highest BCUT2D eigenvalue weighted by Crippen LogP contribution is 2.26. The molecule has 0 radical (unpaired) electrons. The molecule has 0 amide bonds. The van der Waals surface area contributed by atoms with Crippen LogP contribution in [-0.4, -0.2) is 25.9 Å². The predicted molar refractivity (Wildman–Crippen MR) is 111 cm³/mol. The largest absolute Gasteiger partial charge is 0.573 e. The molecule has 0 atom stereocenters. The van der Waals surface area contributed by atoms with Gasteiger partial charge in [0.2, 0.25) is 0 Å². The van der Waals surface area contributed by atoms with Crippen molar-refractivity contribution < 1.29 is 36.2 Å². The molecule has 0 aliphatic rings. The predicted octanol–water partition coefficient (Wildman–Crippen LogP) is 4.87. The Morgan fingerprint density at radius 3 is 2.12 bits per heavy atom. The van der Waals surface area contributed by atoms with E-state index < -0.39 is 28.1 Å². The lowest BCUT2D eigenvalue weighted by molar-refractivity contribution is -0.274. The normalized spacial score (nSPS) is 11.7. The van der Waals surface area contributed by atoms with Crippen LogP contribution in [0.3, 0.4) is 0 Å². The van der Waals surface area contributed by atoms with Gasteiger partial charge in [-0.3, -0.25) is 4.72 Å². The molecule has 6 nitrogen and oxygen atoms in total. The molecule has 0 saturated carbocycles. The third-order valence-electron chi connectivity index (χ3n) is 4.51. The molecule has 0 bridgehead atoms. The number of carboxylic acids is 1. The van der Waals surface area contributed by atoms with Crippen LogP contribution >= 0.6 is 0 Å². The van der Waals surface area contributed by atoms with Crippen LogP contribution in [0.5, 0.6) is 5.75 Å². The molecule has 0 fully saturated rings. The second kappa shape index (κ2) is 9.31.